The molecule has 2 rings (SSSR count). The molecule has 0 amide bonds. The summed E-state index contributed by atoms with van der Waals surface area (Å²) in [7, 11) is -1.78. The Kier molecular flexibility index (Phi) is 5.72. The lowest BCUT2D eigenvalue weighted by Gasteiger charge is -2.20. The first kappa shape index (κ1) is 19.9. The molecule has 2 aromatic rings. The number of carbonyl (C=O) groups excluding carboxylic acids is 1. The van der Waals surface area contributed by atoms with Crippen LogP contribution in [0.1, 0.15) is 21.5 Å². The van der Waals surface area contributed by atoms with Crippen LogP contribution in [0.3, 0.4) is 0 Å². The minimum atomic E-state index is -4.59. The second kappa shape index (κ2) is 7.46. The molecule has 140 valence electrons. The van der Waals surface area contributed by atoms with Gasteiger partial charge in [-0.15, -0.1) is 0 Å². The summed E-state index contributed by atoms with van der Waals surface area (Å²) >= 11 is 0. The predicted octanol–water partition coefficient (Wildman–Crippen LogP) is 3.31. The van der Waals surface area contributed by atoms with E-state index in [4.69, 9.17) is 0 Å². The van der Waals surface area contributed by atoms with Gasteiger partial charge in [0.1, 0.15) is 0 Å². The lowest BCUT2D eigenvalue weighted by atomic mass is 10.1. The van der Waals surface area contributed by atoms with Crippen LogP contribution in [0.25, 0.3) is 0 Å². The highest BCUT2D eigenvalue weighted by atomic mass is 32.2. The molecule has 0 spiro atoms. The molecule has 0 fully saturated rings. The summed E-state index contributed by atoms with van der Waals surface area (Å²) in [4.78, 5) is 11.3. The van der Waals surface area contributed by atoms with Crippen molar-refractivity contribution >= 4 is 16.0 Å². The van der Waals surface area contributed by atoms with Crippen molar-refractivity contribution in [3.63, 3.8) is 0 Å². The average molecular weight is 387 g/mol. The molecule has 2 aromatic carbocycles. The van der Waals surface area contributed by atoms with Crippen LogP contribution in [0.5, 0.6) is 0 Å². The summed E-state index contributed by atoms with van der Waals surface area (Å²) < 4.78 is 69.9. The van der Waals surface area contributed by atoms with E-state index < -0.39 is 34.3 Å². The largest absolute Gasteiger partial charge is 0.465 e. The minimum Gasteiger partial charge on any atom is -0.465 e. The molecule has 26 heavy (non-hydrogen) atoms. The Morgan fingerprint density at radius 2 is 1.77 bits per heavy atom. The zero-order valence-corrected chi connectivity index (χ0v) is 14.8. The van der Waals surface area contributed by atoms with Gasteiger partial charge in [-0.05, 0) is 29.8 Å². The summed E-state index contributed by atoms with van der Waals surface area (Å²) in [6.45, 7) is -0.472. The Balaban J connectivity index is 2.36. The van der Waals surface area contributed by atoms with E-state index in [-0.39, 0.29) is 16.0 Å². The fourth-order valence-electron chi connectivity index (χ4n) is 2.34. The van der Waals surface area contributed by atoms with Crippen molar-refractivity contribution in [1.82, 2.24) is 4.31 Å². The number of rotatable bonds is 5. The number of hydrogen-bond acceptors (Lipinski definition) is 4. The third kappa shape index (κ3) is 4.23. The zero-order chi connectivity index (χ0) is 19.5. The summed E-state index contributed by atoms with van der Waals surface area (Å²) in [5.74, 6) is -0.716. The van der Waals surface area contributed by atoms with E-state index in [1.54, 1.807) is 0 Å². The summed E-state index contributed by atoms with van der Waals surface area (Å²) in [5, 5.41) is 0. The Morgan fingerprint density at radius 1 is 1.12 bits per heavy atom. The van der Waals surface area contributed by atoms with Crippen molar-refractivity contribution in [2.75, 3.05) is 14.2 Å². The third-order valence-electron chi connectivity index (χ3n) is 3.68. The molecule has 0 aliphatic heterocycles. The van der Waals surface area contributed by atoms with Gasteiger partial charge in [0.05, 0.1) is 23.1 Å². The van der Waals surface area contributed by atoms with Gasteiger partial charge in [0.2, 0.25) is 10.0 Å². The molecule has 0 saturated carbocycles. The number of alkyl halides is 3. The second-order valence-electron chi connectivity index (χ2n) is 5.44. The first-order valence-electron chi connectivity index (χ1n) is 7.37. The van der Waals surface area contributed by atoms with E-state index in [9.17, 15) is 26.4 Å². The van der Waals surface area contributed by atoms with Gasteiger partial charge < -0.3 is 4.74 Å². The Labute approximate surface area is 149 Å². The molecular weight excluding hydrogens is 371 g/mol. The van der Waals surface area contributed by atoms with Gasteiger partial charge >= 0.3 is 12.1 Å². The lowest BCUT2D eigenvalue weighted by Crippen LogP contribution is -2.28. The number of carbonyl (C=O) groups is 1. The fourth-order valence-corrected chi connectivity index (χ4v) is 3.54. The number of benzene rings is 2. The van der Waals surface area contributed by atoms with Gasteiger partial charge in [0, 0.05) is 13.6 Å². The quantitative estimate of drug-likeness (QED) is 0.739. The van der Waals surface area contributed by atoms with Crippen LogP contribution < -0.4 is 0 Å². The number of methoxy groups -OCH3 is 1. The number of sulfonamides is 1. The van der Waals surface area contributed by atoms with Crippen molar-refractivity contribution in [2.24, 2.45) is 0 Å². The molecule has 0 saturated heterocycles. The smallest absolute Gasteiger partial charge is 0.416 e. The predicted molar refractivity (Wildman–Crippen MR) is 87.9 cm³/mol. The maximum Gasteiger partial charge on any atom is 0.416 e. The number of halogens is 3. The average Bonchev–Trinajstić information content (AvgIpc) is 2.60. The van der Waals surface area contributed by atoms with E-state index in [1.165, 1.54) is 43.4 Å². The molecule has 0 atom stereocenters. The highest BCUT2D eigenvalue weighted by Gasteiger charge is 2.34. The molecule has 9 heteroatoms. The van der Waals surface area contributed by atoms with E-state index in [2.05, 4.69) is 4.74 Å². The van der Waals surface area contributed by atoms with Crippen LogP contribution in [0.15, 0.2) is 53.4 Å². The molecule has 0 aromatic heterocycles. The molecule has 0 N–H and O–H groups in total. The standard InChI is InChI=1S/C17H16F3NO4S/c1-21(11-13-6-3-4-9-15(13)17(18,19)20)26(23,24)14-8-5-7-12(10-14)16(22)25-2/h3-10H,11H2,1-2H3. The van der Waals surface area contributed by atoms with Crippen LogP contribution in [-0.4, -0.2) is 32.8 Å². The number of nitrogens with zero attached hydrogens (tertiary/aromatic N) is 1. The summed E-state index contributed by atoms with van der Waals surface area (Å²) in [6, 6.07) is 9.87. The van der Waals surface area contributed by atoms with Crippen molar-refractivity contribution in [1.29, 1.82) is 0 Å². The van der Waals surface area contributed by atoms with Crippen LogP contribution in [-0.2, 0) is 27.5 Å². The highest BCUT2D eigenvalue weighted by molar-refractivity contribution is 7.89. The van der Waals surface area contributed by atoms with E-state index >= 15 is 0 Å². The molecular formula is C17H16F3NO4S. The first-order valence-corrected chi connectivity index (χ1v) is 8.81. The van der Waals surface area contributed by atoms with E-state index in [0.717, 1.165) is 23.5 Å². The lowest BCUT2D eigenvalue weighted by molar-refractivity contribution is -0.138. The van der Waals surface area contributed by atoms with Crippen LogP contribution >= 0.6 is 0 Å². The molecule has 5 nitrogen and oxygen atoms in total. The van der Waals surface area contributed by atoms with Crippen molar-refractivity contribution in [3.05, 3.63) is 65.2 Å². The Bertz CT molecular complexity index is 910. The second-order valence-corrected chi connectivity index (χ2v) is 7.48. The molecule has 0 aliphatic carbocycles. The number of hydrogen-bond donors (Lipinski definition) is 0. The van der Waals surface area contributed by atoms with Crippen molar-refractivity contribution < 1.29 is 31.1 Å². The third-order valence-corrected chi connectivity index (χ3v) is 5.48. The first-order chi connectivity index (χ1) is 12.1. The SMILES string of the molecule is COC(=O)c1cccc(S(=O)(=O)N(C)Cc2ccccc2C(F)(F)F)c1. The van der Waals surface area contributed by atoms with Crippen LogP contribution in [0.4, 0.5) is 13.2 Å². The monoisotopic (exact) mass is 387 g/mol. The van der Waals surface area contributed by atoms with Crippen LogP contribution in [0, 0.1) is 0 Å². The number of ether oxygens (including phenoxy) is 1. The van der Waals surface area contributed by atoms with Gasteiger partial charge in [-0.2, -0.15) is 17.5 Å². The normalized spacial score (nSPS) is 12.2. The molecule has 0 bridgehead atoms. The minimum absolute atomic E-state index is 0.0256. The van der Waals surface area contributed by atoms with Crippen molar-refractivity contribution in [2.45, 2.75) is 17.6 Å². The zero-order valence-electron chi connectivity index (χ0n) is 13.9. The topological polar surface area (TPSA) is 63.7 Å². The van der Waals surface area contributed by atoms with Crippen LogP contribution in [0.2, 0.25) is 0 Å². The molecule has 0 heterocycles. The van der Waals surface area contributed by atoms with Gasteiger partial charge in [0.15, 0.2) is 0 Å². The maximum atomic E-state index is 13.1. The summed E-state index contributed by atoms with van der Waals surface area (Å²) in [5.41, 5.74) is -1.04. The van der Waals surface area contributed by atoms with Gasteiger partial charge in [-0.3, -0.25) is 0 Å². The highest BCUT2D eigenvalue weighted by Crippen LogP contribution is 2.32. The molecule has 0 aliphatic rings. The van der Waals surface area contributed by atoms with Gasteiger partial charge in [-0.25, -0.2) is 13.2 Å². The fraction of sp³-hybridized carbons (Fsp3) is 0.235. The Morgan fingerprint density at radius 3 is 2.38 bits per heavy atom. The van der Waals surface area contributed by atoms with E-state index in [1.807, 2.05) is 0 Å². The molecule has 0 unspecified atom stereocenters. The number of esters is 1. The maximum absolute atomic E-state index is 13.1. The summed E-state index contributed by atoms with van der Waals surface area (Å²) in [6.07, 6.45) is -4.59. The Hall–Kier alpha value is -2.39. The molecule has 0 radical (unpaired) electrons. The van der Waals surface area contributed by atoms with Crippen molar-refractivity contribution in [3.8, 4) is 0 Å². The van der Waals surface area contributed by atoms with E-state index in [0.29, 0.717) is 0 Å². The van der Waals surface area contributed by atoms with Gasteiger partial charge in [0.25, 0.3) is 0 Å². The van der Waals surface area contributed by atoms with Gasteiger partial charge in [-0.1, -0.05) is 24.3 Å².